The van der Waals surface area contributed by atoms with E-state index in [0.717, 1.165) is 0 Å². The number of hydrogen-bond acceptors (Lipinski definition) is 3. The molecule has 0 fully saturated rings. The van der Waals surface area contributed by atoms with Crippen LogP contribution in [0.5, 0.6) is 0 Å². The zero-order chi connectivity index (χ0) is 12.6. The van der Waals surface area contributed by atoms with Gasteiger partial charge in [0.05, 0.1) is 6.04 Å². The molecule has 0 unspecified atom stereocenters. The minimum atomic E-state index is -1.08. The highest BCUT2D eigenvalue weighted by molar-refractivity contribution is 5.67. The van der Waals surface area contributed by atoms with Crippen LogP contribution in [-0.4, -0.2) is 22.2 Å². The molecule has 1 aliphatic rings. The minimum Gasteiger partial charge on any atom is -0.465 e. The van der Waals surface area contributed by atoms with Crippen LogP contribution >= 0.6 is 0 Å². The molecule has 0 aromatic carbocycles. The zero-order valence-electron chi connectivity index (χ0n) is 9.65. The number of H-pyrrole nitrogens is 1. The van der Waals surface area contributed by atoms with Gasteiger partial charge in [-0.25, -0.2) is 4.79 Å². The van der Waals surface area contributed by atoms with Gasteiger partial charge >= 0.3 is 6.09 Å². The number of fused-ring (bicyclic) bond motifs is 1. The van der Waals surface area contributed by atoms with Gasteiger partial charge in [-0.05, 0) is 13.0 Å². The summed E-state index contributed by atoms with van der Waals surface area (Å²) in [5.41, 5.74) is 0.928. The maximum Gasteiger partial charge on any atom is 0.405 e. The molecule has 0 bridgehead atoms. The largest absolute Gasteiger partial charge is 0.465 e. The van der Waals surface area contributed by atoms with Gasteiger partial charge in [0.25, 0.3) is 5.56 Å². The SMILES string of the molecule is C[C@H]1[C@H](C)Nc2c(cc[nH]c2=O)[C@@H]1NC(=O)O. The highest BCUT2D eigenvalue weighted by Crippen LogP contribution is 2.33. The fourth-order valence-corrected chi connectivity index (χ4v) is 2.18. The second-order valence-electron chi connectivity index (χ2n) is 4.36. The number of amides is 1. The lowest BCUT2D eigenvalue weighted by Crippen LogP contribution is -2.44. The maximum atomic E-state index is 11.7. The van der Waals surface area contributed by atoms with E-state index in [1.807, 2.05) is 13.8 Å². The number of nitrogens with one attached hydrogen (secondary N) is 3. The molecule has 4 N–H and O–H groups in total. The van der Waals surface area contributed by atoms with Crippen molar-refractivity contribution in [3.05, 3.63) is 28.2 Å². The first kappa shape index (κ1) is 11.5. The van der Waals surface area contributed by atoms with E-state index in [4.69, 9.17) is 5.11 Å². The van der Waals surface area contributed by atoms with Crippen LogP contribution in [0.3, 0.4) is 0 Å². The van der Waals surface area contributed by atoms with Crippen LogP contribution in [0, 0.1) is 5.92 Å². The summed E-state index contributed by atoms with van der Waals surface area (Å²) in [6.45, 7) is 3.87. The van der Waals surface area contributed by atoms with E-state index < -0.39 is 6.09 Å². The quantitative estimate of drug-likeness (QED) is 0.589. The minimum absolute atomic E-state index is 0.0304. The van der Waals surface area contributed by atoms with Crippen LogP contribution in [0.2, 0.25) is 0 Å². The summed E-state index contributed by atoms with van der Waals surface area (Å²) >= 11 is 0. The van der Waals surface area contributed by atoms with Crippen LogP contribution in [0.25, 0.3) is 0 Å². The Morgan fingerprint density at radius 1 is 1.47 bits per heavy atom. The van der Waals surface area contributed by atoms with Crippen molar-refractivity contribution in [2.45, 2.75) is 25.9 Å². The molecule has 0 saturated carbocycles. The van der Waals surface area contributed by atoms with Crippen LogP contribution in [-0.2, 0) is 0 Å². The molecule has 1 aliphatic heterocycles. The number of rotatable bonds is 1. The number of aromatic amines is 1. The fourth-order valence-electron chi connectivity index (χ4n) is 2.18. The molecule has 2 heterocycles. The molecule has 0 spiro atoms. The second kappa shape index (κ2) is 4.12. The molecule has 3 atom stereocenters. The molecule has 1 aromatic heterocycles. The lowest BCUT2D eigenvalue weighted by Gasteiger charge is -2.36. The summed E-state index contributed by atoms with van der Waals surface area (Å²) in [6, 6.07) is 1.40. The maximum absolute atomic E-state index is 11.7. The summed E-state index contributed by atoms with van der Waals surface area (Å²) in [6.07, 6.45) is 0.449. The molecule has 0 saturated heterocycles. The standard InChI is InChI=1S/C11H15N3O3/c1-5-6(2)13-9-7(3-4-12-10(9)15)8(5)14-11(16)17/h3-6,8,13-14H,1-2H3,(H,12,15)(H,16,17)/t5-,6-,8+/m0/s1. The summed E-state index contributed by atoms with van der Waals surface area (Å²) in [5.74, 6) is 0.0698. The molecule has 0 aliphatic carbocycles. The topological polar surface area (TPSA) is 94.2 Å². The van der Waals surface area contributed by atoms with Crippen molar-refractivity contribution in [3.63, 3.8) is 0 Å². The molecule has 1 aromatic rings. The number of carbonyl (C=O) groups is 1. The predicted octanol–water partition coefficient (Wildman–Crippen LogP) is 1.13. The van der Waals surface area contributed by atoms with Crippen molar-refractivity contribution >= 4 is 11.8 Å². The van der Waals surface area contributed by atoms with Gasteiger partial charge < -0.3 is 20.7 Å². The monoisotopic (exact) mass is 237 g/mol. The molecule has 6 heteroatoms. The summed E-state index contributed by atoms with van der Waals surface area (Å²) in [7, 11) is 0. The second-order valence-corrected chi connectivity index (χ2v) is 4.36. The summed E-state index contributed by atoms with van der Waals surface area (Å²) < 4.78 is 0. The Morgan fingerprint density at radius 3 is 2.82 bits per heavy atom. The Kier molecular flexibility index (Phi) is 2.79. The number of hydrogen-bond donors (Lipinski definition) is 4. The third-order valence-corrected chi connectivity index (χ3v) is 3.29. The molecular formula is C11H15N3O3. The van der Waals surface area contributed by atoms with Gasteiger partial charge in [0, 0.05) is 23.7 Å². The van der Waals surface area contributed by atoms with Gasteiger partial charge in [0.1, 0.15) is 5.69 Å². The average Bonchev–Trinajstić information content (AvgIpc) is 2.26. The van der Waals surface area contributed by atoms with Crippen molar-refractivity contribution in [2.24, 2.45) is 5.92 Å². The first-order valence-electron chi connectivity index (χ1n) is 5.48. The van der Waals surface area contributed by atoms with Crippen molar-refractivity contribution in [2.75, 3.05) is 5.32 Å². The third-order valence-electron chi connectivity index (χ3n) is 3.29. The zero-order valence-corrected chi connectivity index (χ0v) is 9.65. The number of pyridine rings is 1. The average molecular weight is 237 g/mol. The van der Waals surface area contributed by atoms with Crippen molar-refractivity contribution in [1.29, 1.82) is 0 Å². The van der Waals surface area contributed by atoms with Crippen molar-refractivity contribution in [3.8, 4) is 0 Å². The van der Waals surface area contributed by atoms with E-state index in [1.54, 1.807) is 6.07 Å². The molecule has 17 heavy (non-hydrogen) atoms. The van der Waals surface area contributed by atoms with Gasteiger partial charge in [0.15, 0.2) is 0 Å². The predicted molar refractivity (Wildman–Crippen MR) is 63.2 cm³/mol. The lowest BCUT2D eigenvalue weighted by atomic mass is 9.85. The van der Waals surface area contributed by atoms with E-state index in [0.29, 0.717) is 11.3 Å². The van der Waals surface area contributed by atoms with E-state index in [1.165, 1.54) is 6.20 Å². The Morgan fingerprint density at radius 2 is 2.18 bits per heavy atom. The molecule has 0 radical (unpaired) electrons. The smallest absolute Gasteiger partial charge is 0.405 e. The van der Waals surface area contributed by atoms with E-state index in [9.17, 15) is 9.59 Å². The molecule has 1 amide bonds. The molecular weight excluding hydrogens is 222 g/mol. The van der Waals surface area contributed by atoms with E-state index in [2.05, 4.69) is 15.6 Å². The van der Waals surface area contributed by atoms with Gasteiger partial charge in [-0.1, -0.05) is 6.92 Å². The first-order chi connectivity index (χ1) is 8.00. The Bertz CT molecular complexity index is 497. The summed E-state index contributed by atoms with van der Waals surface area (Å²) in [4.78, 5) is 25.0. The fraction of sp³-hybridized carbons (Fsp3) is 0.455. The van der Waals surface area contributed by atoms with Crippen LogP contribution in [0.1, 0.15) is 25.5 Å². The summed E-state index contributed by atoms with van der Waals surface area (Å²) in [5, 5.41) is 14.4. The molecule has 6 nitrogen and oxygen atoms in total. The van der Waals surface area contributed by atoms with Gasteiger partial charge in [0.2, 0.25) is 0 Å². The lowest BCUT2D eigenvalue weighted by molar-refractivity contribution is 0.183. The molecule has 2 rings (SSSR count). The third kappa shape index (κ3) is 1.98. The van der Waals surface area contributed by atoms with Crippen LogP contribution in [0.4, 0.5) is 10.5 Å². The Labute approximate surface area is 98.1 Å². The number of aromatic nitrogens is 1. The highest BCUT2D eigenvalue weighted by atomic mass is 16.4. The number of carboxylic acid groups (broad SMARTS) is 1. The van der Waals surface area contributed by atoms with Gasteiger partial charge in [-0.15, -0.1) is 0 Å². The van der Waals surface area contributed by atoms with Crippen LogP contribution in [0.15, 0.2) is 17.1 Å². The number of anilines is 1. The first-order valence-corrected chi connectivity index (χ1v) is 5.48. The van der Waals surface area contributed by atoms with E-state index in [-0.39, 0.29) is 23.6 Å². The van der Waals surface area contributed by atoms with Gasteiger partial charge in [-0.3, -0.25) is 4.79 Å². The Balaban J connectivity index is 2.49. The van der Waals surface area contributed by atoms with Crippen LogP contribution < -0.4 is 16.2 Å². The highest BCUT2D eigenvalue weighted by Gasteiger charge is 2.33. The van der Waals surface area contributed by atoms with E-state index >= 15 is 0 Å². The Hall–Kier alpha value is -1.98. The normalized spacial score (nSPS) is 26.8. The van der Waals surface area contributed by atoms with Crippen molar-refractivity contribution in [1.82, 2.24) is 10.3 Å². The van der Waals surface area contributed by atoms with Gasteiger partial charge in [-0.2, -0.15) is 0 Å². The van der Waals surface area contributed by atoms with Crippen molar-refractivity contribution < 1.29 is 9.90 Å². The molecule has 92 valence electrons.